The summed E-state index contributed by atoms with van der Waals surface area (Å²) in [5, 5.41) is 9.03. The molecule has 0 aliphatic carbocycles. The van der Waals surface area contributed by atoms with Gasteiger partial charge in [-0.1, -0.05) is 18.2 Å². The molecule has 0 spiro atoms. The summed E-state index contributed by atoms with van der Waals surface area (Å²) in [5.41, 5.74) is 2.29. The Labute approximate surface area is 158 Å². The minimum absolute atomic E-state index is 0.0754. The highest BCUT2D eigenvalue weighted by atomic mass is 32.1. The molecule has 4 aromatic rings. The van der Waals surface area contributed by atoms with Crippen LogP contribution in [0.15, 0.2) is 65.3 Å². The molecule has 1 N–H and O–H groups in total. The Morgan fingerprint density at radius 3 is 2.93 bits per heavy atom. The van der Waals surface area contributed by atoms with Gasteiger partial charge in [0.15, 0.2) is 0 Å². The second-order valence-electron chi connectivity index (χ2n) is 6.11. The lowest BCUT2D eigenvalue weighted by atomic mass is 10.1. The monoisotopic (exact) mass is 379 g/mol. The van der Waals surface area contributed by atoms with Crippen LogP contribution in [0, 0.1) is 0 Å². The Balaban J connectivity index is 1.53. The van der Waals surface area contributed by atoms with Crippen LogP contribution in [-0.2, 0) is 11.3 Å². The lowest BCUT2D eigenvalue weighted by Gasteiger charge is -2.18. The number of rotatable bonds is 5. The zero-order valence-electron chi connectivity index (χ0n) is 14.6. The number of nitrogens with one attached hydrogen (secondary N) is 1. The van der Waals surface area contributed by atoms with Gasteiger partial charge in [0.1, 0.15) is 11.2 Å². The molecule has 8 heteroatoms. The van der Waals surface area contributed by atoms with Gasteiger partial charge in [-0.2, -0.15) is 5.10 Å². The third-order valence-electron chi connectivity index (χ3n) is 4.28. The van der Waals surface area contributed by atoms with E-state index in [-0.39, 0.29) is 24.1 Å². The standard InChI is InChI=1S/C19H17N5O2S/c1-13(14-5-2-3-6-16(14)24-9-4-8-21-24)22-17(25)11-23-12-20-15-7-10-27-18(15)19(23)26/h2-10,12-13H,11H2,1H3,(H,22,25)/t13-/m0/s1. The van der Waals surface area contributed by atoms with Crippen molar-refractivity contribution in [2.24, 2.45) is 0 Å². The Bertz CT molecular complexity index is 1150. The molecule has 1 atom stereocenters. The quantitative estimate of drug-likeness (QED) is 0.578. The van der Waals surface area contributed by atoms with Crippen LogP contribution in [0.2, 0.25) is 0 Å². The number of hydrogen-bond acceptors (Lipinski definition) is 5. The van der Waals surface area contributed by atoms with Gasteiger partial charge in [0.2, 0.25) is 5.91 Å². The zero-order valence-corrected chi connectivity index (χ0v) is 15.4. The number of thiophene rings is 1. The van der Waals surface area contributed by atoms with Gasteiger partial charge in [-0.05, 0) is 36.1 Å². The second-order valence-corrected chi connectivity index (χ2v) is 7.03. The first-order valence-corrected chi connectivity index (χ1v) is 9.32. The number of carbonyl (C=O) groups is 1. The highest BCUT2D eigenvalue weighted by Gasteiger charge is 2.15. The summed E-state index contributed by atoms with van der Waals surface area (Å²) in [4.78, 5) is 29.2. The summed E-state index contributed by atoms with van der Waals surface area (Å²) in [6.07, 6.45) is 4.98. The maximum atomic E-state index is 12.5. The molecular weight excluding hydrogens is 362 g/mol. The van der Waals surface area contributed by atoms with Crippen molar-refractivity contribution < 1.29 is 4.79 Å². The summed E-state index contributed by atoms with van der Waals surface area (Å²) in [6.45, 7) is 1.83. The van der Waals surface area contributed by atoms with Gasteiger partial charge in [-0.15, -0.1) is 11.3 Å². The van der Waals surface area contributed by atoms with Crippen LogP contribution in [0.3, 0.4) is 0 Å². The van der Waals surface area contributed by atoms with Crippen molar-refractivity contribution in [3.8, 4) is 5.69 Å². The number of amides is 1. The van der Waals surface area contributed by atoms with Crippen LogP contribution >= 0.6 is 11.3 Å². The van der Waals surface area contributed by atoms with Gasteiger partial charge < -0.3 is 5.32 Å². The number of fused-ring (bicyclic) bond motifs is 1. The summed E-state index contributed by atoms with van der Waals surface area (Å²) in [5.74, 6) is -0.252. The van der Waals surface area contributed by atoms with E-state index >= 15 is 0 Å². The average molecular weight is 379 g/mol. The lowest BCUT2D eigenvalue weighted by molar-refractivity contribution is -0.122. The molecule has 7 nitrogen and oxygen atoms in total. The third kappa shape index (κ3) is 3.39. The fourth-order valence-corrected chi connectivity index (χ4v) is 3.78. The molecule has 27 heavy (non-hydrogen) atoms. The van der Waals surface area contributed by atoms with Crippen molar-refractivity contribution in [1.29, 1.82) is 0 Å². The average Bonchev–Trinajstić information content (AvgIpc) is 3.36. The van der Waals surface area contributed by atoms with Gasteiger partial charge in [0, 0.05) is 12.4 Å². The van der Waals surface area contributed by atoms with Crippen molar-refractivity contribution in [3.63, 3.8) is 0 Å². The highest BCUT2D eigenvalue weighted by Crippen LogP contribution is 2.21. The van der Waals surface area contributed by atoms with Crippen LogP contribution in [0.1, 0.15) is 18.5 Å². The maximum Gasteiger partial charge on any atom is 0.271 e. The Kier molecular flexibility index (Phi) is 4.55. The first-order chi connectivity index (χ1) is 13.1. The van der Waals surface area contributed by atoms with Crippen LogP contribution in [0.4, 0.5) is 0 Å². The second kappa shape index (κ2) is 7.16. The van der Waals surface area contributed by atoms with E-state index < -0.39 is 0 Å². The molecule has 0 fully saturated rings. The van der Waals surface area contributed by atoms with Crippen LogP contribution in [0.25, 0.3) is 15.9 Å². The molecule has 1 aromatic carbocycles. The van der Waals surface area contributed by atoms with E-state index in [1.165, 1.54) is 22.2 Å². The number of nitrogens with zero attached hydrogens (tertiary/aromatic N) is 4. The number of benzene rings is 1. The van der Waals surface area contributed by atoms with Gasteiger partial charge in [0.05, 0.1) is 23.6 Å². The van der Waals surface area contributed by atoms with E-state index in [1.807, 2.05) is 48.8 Å². The molecule has 0 saturated carbocycles. The molecule has 0 unspecified atom stereocenters. The van der Waals surface area contributed by atoms with Crippen molar-refractivity contribution >= 4 is 27.5 Å². The molecule has 0 saturated heterocycles. The van der Waals surface area contributed by atoms with Crippen molar-refractivity contribution in [3.05, 3.63) is 76.4 Å². The minimum Gasteiger partial charge on any atom is -0.348 e. The Hall–Kier alpha value is -3.26. The maximum absolute atomic E-state index is 12.5. The first-order valence-electron chi connectivity index (χ1n) is 8.44. The van der Waals surface area contributed by atoms with E-state index in [4.69, 9.17) is 0 Å². The normalized spacial score (nSPS) is 12.2. The van der Waals surface area contributed by atoms with E-state index in [1.54, 1.807) is 16.9 Å². The molecule has 0 radical (unpaired) electrons. The van der Waals surface area contributed by atoms with E-state index in [2.05, 4.69) is 15.4 Å². The molecule has 3 heterocycles. The zero-order chi connectivity index (χ0) is 18.8. The van der Waals surface area contributed by atoms with Crippen molar-refractivity contribution in [2.75, 3.05) is 0 Å². The summed E-state index contributed by atoms with van der Waals surface area (Å²) >= 11 is 1.33. The Morgan fingerprint density at radius 2 is 2.11 bits per heavy atom. The third-order valence-corrected chi connectivity index (χ3v) is 5.17. The molecular formula is C19H17N5O2S. The number of aromatic nitrogens is 4. The Morgan fingerprint density at radius 1 is 1.26 bits per heavy atom. The molecule has 0 aliphatic heterocycles. The van der Waals surface area contributed by atoms with Gasteiger partial charge in [-0.3, -0.25) is 14.2 Å². The SMILES string of the molecule is C[C@H](NC(=O)Cn1cnc2ccsc2c1=O)c1ccccc1-n1cccn1. The smallest absolute Gasteiger partial charge is 0.271 e. The van der Waals surface area contributed by atoms with E-state index in [0.717, 1.165) is 11.3 Å². The van der Waals surface area contributed by atoms with Crippen LogP contribution in [-0.4, -0.2) is 25.2 Å². The predicted molar refractivity (Wildman–Crippen MR) is 104 cm³/mol. The van der Waals surface area contributed by atoms with E-state index in [0.29, 0.717) is 10.2 Å². The van der Waals surface area contributed by atoms with Gasteiger partial charge in [-0.25, -0.2) is 9.67 Å². The van der Waals surface area contributed by atoms with E-state index in [9.17, 15) is 9.59 Å². The van der Waals surface area contributed by atoms with Crippen LogP contribution < -0.4 is 10.9 Å². The molecule has 3 aromatic heterocycles. The largest absolute Gasteiger partial charge is 0.348 e. The molecule has 4 rings (SSSR count). The molecule has 0 aliphatic rings. The summed E-state index contributed by atoms with van der Waals surface area (Å²) in [6, 6.07) is 11.1. The highest BCUT2D eigenvalue weighted by molar-refractivity contribution is 7.17. The minimum atomic E-state index is -0.252. The van der Waals surface area contributed by atoms with Crippen LogP contribution in [0.5, 0.6) is 0 Å². The number of carbonyl (C=O) groups excluding carboxylic acids is 1. The summed E-state index contributed by atoms with van der Waals surface area (Å²) in [7, 11) is 0. The summed E-state index contributed by atoms with van der Waals surface area (Å²) < 4.78 is 3.65. The van der Waals surface area contributed by atoms with Gasteiger partial charge >= 0.3 is 0 Å². The fourth-order valence-electron chi connectivity index (χ4n) is 2.98. The number of para-hydroxylation sites is 1. The van der Waals surface area contributed by atoms with Crippen molar-refractivity contribution in [2.45, 2.75) is 19.5 Å². The molecule has 1 amide bonds. The van der Waals surface area contributed by atoms with Gasteiger partial charge in [0.25, 0.3) is 5.56 Å². The molecule has 136 valence electrons. The first kappa shape index (κ1) is 17.2. The topological polar surface area (TPSA) is 81.8 Å². The fraction of sp³-hybridized carbons (Fsp3) is 0.158. The van der Waals surface area contributed by atoms with Crippen molar-refractivity contribution in [1.82, 2.24) is 24.6 Å². The predicted octanol–water partition coefficient (Wildman–Crippen LogP) is 2.52. The molecule has 0 bridgehead atoms. The number of hydrogen-bond donors (Lipinski definition) is 1. The lowest BCUT2D eigenvalue weighted by Crippen LogP contribution is -2.34.